The van der Waals surface area contributed by atoms with Gasteiger partial charge in [0.05, 0.1) is 25.0 Å². The van der Waals surface area contributed by atoms with Crippen LogP contribution in [0.1, 0.15) is 51.1 Å². The van der Waals surface area contributed by atoms with E-state index in [-0.39, 0.29) is 48.6 Å². The molecule has 3 aliphatic rings. The van der Waals surface area contributed by atoms with E-state index in [2.05, 4.69) is 5.32 Å². The number of hydrogen-bond donors (Lipinski definition) is 1. The van der Waals surface area contributed by atoms with E-state index >= 15 is 0 Å². The molecule has 3 atom stereocenters. The minimum atomic E-state index is -0.427. The molecule has 2 aliphatic heterocycles. The average Bonchev–Trinajstić information content (AvgIpc) is 2.96. The molecular weight excluding hydrogens is 384 g/mol. The highest BCUT2D eigenvalue weighted by molar-refractivity contribution is 6.05. The largest absolute Gasteiger partial charge is 0.497 e. The summed E-state index contributed by atoms with van der Waals surface area (Å²) in [5.74, 6) is 0.399. The molecule has 0 bridgehead atoms. The molecule has 1 fully saturated rings. The zero-order chi connectivity index (χ0) is 21.5. The van der Waals surface area contributed by atoms with Gasteiger partial charge in [0.2, 0.25) is 17.7 Å². The van der Waals surface area contributed by atoms with Crippen LogP contribution in [0.3, 0.4) is 0 Å². The van der Waals surface area contributed by atoms with Gasteiger partial charge in [-0.3, -0.25) is 19.3 Å². The van der Waals surface area contributed by atoms with Gasteiger partial charge in [-0.05, 0) is 44.9 Å². The topological polar surface area (TPSA) is 84.9 Å². The van der Waals surface area contributed by atoms with E-state index in [1.165, 1.54) is 4.90 Å². The summed E-state index contributed by atoms with van der Waals surface area (Å²) in [4.78, 5) is 39.2. The Hall–Kier alpha value is -2.83. The van der Waals surface area contributed by atoms with Crippen molar-refractivity contribution in [2.24, 2.45) is 11.8 Å². The molecule has 3 amide bonds. The van der Waals surface area contributed by atoms with Gasteiger partial charge < -0.3 is 14.8 Å². The number of nitrogens with one attached hydrogen (secondary N) is 1. The van der Waals surface area contributed by atoms with Crippen LogP contribution in [0.25, 0.3) is 0 Å². The first-order chi connectivity index (χ1) is 14.3. The monoisotopic (exact) mass is 412 g/mol. The number of carbonyl (C=O) groups excluding carboxylic acids is 3. The fraction of sp³-hybridized carbons (Fsp3) is 0.522. The van der Waals surface area contributed by atoms with Gasteiger partial charge >= 0.3 is 0 Å². The van der Waals surface area contributed by atoms with Gasteiger partial charge in [-0.25, -0.2) is 0 Å². The smallest absolute Gasteiger partial charge is 0.233 e. The lowest BCUT2D eigenvalue weighted by Gasteiger charge is -2.38. The number of methoxy groups -OCH3 is 1. The molecule has 0 unspecified atom stereocenters. The standard InChI is InChI=1S/C23H28N2O5/c1-23(2)13-18(17-12-14(29-3)8-9-19(17)30-23)24-20(26)10-11-25-21(27)15-6-4-5-7-16(15)22(25)28/h4-5,8-9,12,15-16,18H,6-7,10-11,13H2,1-3H3,(H,24,26)/t15-,16+,18-/m1/s1. The lowest BCUT2D eigenvalue weighted by molar-refractivity contribution is -0.140. The van der Waals surface area contributed by atoms with Crippen LogP contribution in [-0.2, 0) is 14.4 Å². The van der Waals surface area contributed by atoms with Crippen molar-refractivity contribution in [3.05, 3.63) is 35.9 Å². The van der Waals surface area contributed by atoms with Crippen LogP contribution in [-0.4, -0.2) is 41.9 Å². The highest BCUT2D eigenvalue weighted by Gasteiger charge is 2.47. The first-order valence-corrected chi connectivity index (χ1v) is 10.5. The minimum absolute atomic E-state index is 0.0848. The van der Waals surface area contributed by atoms with Crippen molar-refractivity contribution < 1.29 is 23.9 Å². The molecule has 7 nitrogen and oxygen atoms in total. The van der Waals surface area contributed by atoms with E-state index in [4.69, 9.17) is 9.47 Å². The zero-order valence-electron chi connectivity index (χ0n) is 17.6. The number of ether oxygens (including phenoxy) is 2. The third kappa shape index (κ3) is 3.80. The van der Waals surface area contributed by atoms with Gasteiger partial charge in [0, 0.05) is 24.9 Å². The molecule has 1 N–H and O–H groups in total. The number of hydrogen-bond acceptors (Lipinski definition) is 5. The summed E-state index contributed by atoms with van der Waals surface area (Å²) in [7, 11) is 1.60. The van der Waals surface area contributed by atoms with E-state index < -0.39 is 5.60 Å². The fourth-order valence-electron chi connectivity index (χ4n) is 4.66. The quantitative estimate of drug-likeness (QED) is 0.594. The maximum atomic E-state index is 12.7. The normalized spacial score (nSPS) is 26.6. The number of imide groups is 1. The number of nitrogens with zero attached hydrogens (tertiary/aromatic N) is 1. The van der Waals surface area contributed by atoms with Crippen LogP contribution >= 0.6 is 0 Å². The Balaban J connectivity index is 1.42. The van der Waals surface area contributed by atoms with Crippen molar-refractivity contribution in [1.29, 1.82) is 0 Å². The molecule has 1 aromatic carbocycles. The van der Waals surface area contributed by atoms with E-state index in [0.717, 1.165) is 11.3 Å². The van der Waals surface area contributed by atoms with Crippen molar-refractivity contribution in [2.75, 3.05) is 13.7 Å². The predicted molar refractivity (Wildman–Crippen MR) is 110 cm³/mol. The maximum absolute atomic E-state index is 12.7. The van der Waals surface area contributed by atoms with E-state index in [9.17, 15) is 14.4 Å². The fourth-order valence-corrected chi connectivity index (χ4v) is 4.66. The van der Waals surface area contributed by atoms with Gasteiger partial charge in [-0.1, -0.05) is 12.2 Å². The van der Waals surface area contributed by atoms with Crippen molar-refractivity contribution in [3.8, 4) is 11.5 Å². The van der Waals surface area contributed by atoms with Crippen LogP contribution in [0.15, 0.2) is 30.4 Å². The molecule has 1 aromatic rings. The summed E-state index contributed by atoms with van der Waals surface area (Å²) >= 11 is 0. The first kappa shape index (κ1) is 20.4. The third-order valence-corrected chi connectivity index (χ3v) is 6.17. The van der Waals surface area contributed by atoms with Crippen LogP contribution in [0, 0.1) is 11.8 Å². The van der Waals surface area contributed by atoms with Gasteiger partial charge in [0.15, 0.2) is 0 Å². The molecule has 7 heteroatoms. The molecule has 0 spiro atoms. The number of amides is 3. The summed E-state index contributed by atoms with van der Waals surface area (Å²) in [6.45, 7) is 4.08. The van der Waals surface area contributed by atoms with Crippen molar-refractivity contribution in [2.45, 2.75) is 51.2 Å². The molecular formula is C23H28N2O5. The molecule has 30 heavy (non-hydrogen) atoms. The van der Waals surface area contributed by atoms with E-state index in [1.807, 2.05) is 44.2 Å². The molecule has 0 aromatic heterocycles. The second-order valence-corrected chi connectivity index (χ2v) is 8.82. The Kier molecular flexibility index (Phi) is 5.30. The number of allylic oxidation sites excluding steroid dienone is 2. The van der Waals surface area contributed by atoms with Crippen LogP contribution < -0.4 is 14.8 Å². The SMILES string of the molecule is COc1ccc2c(c1)[C@H](NC(=O)CCN1C(=O)[C@H]3CC=CC[C@H]3C1=O)CC(C)(C)O2. The highest BCUT2D eigenvalue weighted by atomic mass is 16.5. The van der Waals surface area contributed by atoms with E-state index in [0.29, 0.717) is 25.0 Å². The second-order valence-electron chi connectivity index (χ2n) is 8.82. The van der Waals surface area contributed by atoms with Crippen molar-refractivity contribution >= 4 is 17.7 Å². The lowest BCUT2D eigenvalue weighted by Crippen LogP contribution is -2.42. The third-order valence-electron chi connectivity index (χ3n) is 6.17. The van der Waals surface area contributed by atoms with Crippen molar-refractivity contribution in [1.82, 2.24) is 10.2 Å². The zero-order valence-corrected chi connectivity index (χ0v) is 17.6. The van der Waals surface area contributed by atoms with Gasteiger partial charge in [0.25, 0.3) is 0 Å². The molecule has 4 rings (SSSR count). The van der Waals surface area contributed by atoms with Gasteiger partial charge in [-0.2, -0.15) is 0 Å². The Morgan fingerprint density at radius 2 is 1.87 bits per heavy atom. The molecule has 2 heterocycles. The predicted octanol–water partition coefficient (Wildman–Crippen LogP) is 2.75. The summed E-state index contributed by atoms with van der Waals surface area (Å²) < 4.78 is 11.4. The van der Waals surface area contributed by atoms with Crippen LogP contribution in [0.4, 0.5) is 0 Å². The summed E-state index contributed by atoms with van der Waals surface area (Å²) in [5.41, 5.74) is 0.441. The van der Waals surface area contributed by atoms with E-state index in [1.54, 1.807) is 7.11 Å². The number of fused-ring (bicyclic) bond motifs is 2. The summed E-state index contributed by atoms with van der Waals surface area (Å²) in [6, 6.07) is 5.33. The molecule has 160 valence electrons. The molecule has 0 saturated carbocycles. The van der Waals surface area contributed by atoms with Crippen molar-refractivity contribution in [3.63, 3.8) is 0 Å². The summed E-state index contributed by atoms with van der Waals surface area (Å²) in [6.07, 6.45) is 5.82. The molecule has 1 saturated heterocycles. The van der Waals surface area contributed by atoms with Crippen LogP contribution in [0.5, 0.6) is 11.5 Å². The second kappa shape index (κ2) is 7.78. The van der Waals surface area contributed by atoms with Crippen LogP contribution in [0.2, 0.25) is 0 Å². The Labute approximate surface area is 176 Å². The lowest BCUT2D eigenvalue weighted by atomic mass is 9.85. The average molecular weight is 412 g/mol. The maximum Gasteiger partial charge on any atom is 0.233 e. The Morgan fingerprint density at radius 3 is 2.50 bits per heavy atom. The number of carbonyl (C=O) groups is 3. The highest BCUT2D eigenvalue weighted by Crippen LogP contribution is 2.41. The summed E-state index contributed by atoms with van der Waals surface area (Å²) in [5, 5.41) is 3.06. The van der Waals surface area contributed by atoms with Gasteiger partial charge in [-0.15, -0.1) is 0 Å². The number of likely N-dealkylation sites (tertiary alicyclic amines) is 1. The first-order valence-electron chi connectivity index (χ1n) is 10.5. The number of rotatable bonds is 5. The minimum Gasteiger partial charge on any atom is -0.497 e. The van der Waals surface area contributed by atoms with Gasteiger partial charge in [0.1, 0.15) is 17.1 Å². The molecule has 1 aliphatic carbocycles. The Morgan fingerprint density at radius 1 is 1.20 bits per heavy atom. The molecule has 0 radical (unpaired) electrons. The number of benzene rings is 1. The Bertz CT molecular complexity index is 881.